The third-order valence-electron chi connectivity index (χ3n) is 2.27. The molecule has 2 N–H and O–H groups in total. The van der Waals surface area contributed by atoms with E-state index in [9.17, 15) is 17.4 Å². The number of halogens is 1. The molecule has 0 spiro atoms. The zero-order valence-electron chi connectivity index (χ0n) is 11.2. The van der Waals surface area contributed by atoms with E-state index in [4.69, 9.17) is 14.8 Å². The van der Waals surface area contributed by atoms with Crippen molar-refractivity contribution in [1.29, 1.82) is 0 Å². The Morgan fingerprint density at radius 2 is 1.80 bits per heavy atom. The zero-order valence-corrected chi connectivity index (χ0v) is 12.9. The predicted molar refractivity (Wildman–Crippen MR) is 73.7 cm³/mol. The SMILES string of the molecule is CCOP(=O)(CS(=O)(=O)c1ccc(N)cc1F)OCC. The fourth-order valence-corrected chi connectivity index (χ4v) is 5.86. The molecule has 114 valence electrons. The third-order valence-corrected chi connectivity index (χ3v) is 7.20. The molecular weight excluding hydrogens is 308 g/mol. The Morgan fingerprint density at radius 1 is 1.25 bits per heavy atom. The van der Waals surface area contributed by atoms with E-state index in [1.165, 1.54) is 6.07 Å². The van der Waals surface area contributed by atoms with Gasteiger partial charge in [0.15, 0.2) is 15.3 Å². The molecule has 1 rings (SSSR count). The number of hydrogen-bond acceptors (Lipinski definition) is 6. The molecular formula is C11H17FNO5PS. The lowest BCUT2D eigenvalue weighted by Crippen LogP contribution is -2.12. The van der Waals surface area contributed by atoms with Crippen molar-refractivity contribution < 1.29 is 26.4 Å². The maximum absolute atomic E-state index is 13.7. The number of hydrogen-bond donors (Lipinski definition) is 1. The van der Waals surface area contributed by atoms with Gasteiger partial charge in [0.05, 0.1) is 13.2 Å². The Bertz CT molecular complexity index is 609. The van der Waals surface area contributed by atoms with Gasteiger partial charge in [-0.25, -0.2) is 12.8 Å². The summed E-state index contributed by atoms with van der Waals surface area (Å²) in [4.78, 5) is -0.577. The standard InChI is InChI=1S/C11H17FNO5PS/c1-3-17-19(14,18-4-2)8-20(15,16)11-6-5-9(13)7-10(11)12/h5-7H,3-4,8,13H2,1-2H3. The number of nitrogens with two attached hydrogens (primary N) is 1. The summed E-state index contributed by atoms with van der Waals surface area (Å²) < 4.78 is 59.9. The normalized spacial score (nSPS) is 12.6. The Kier molecular flexibility index (Phi) is 5.70. The van der Waals surface area contributed by atoms with Gasteiger partial charge in [0.2, 0.25) is 0 Å². The molecule has 0 amide bonds. The van der Waals surface area contributed by atoms with Gasteiger partial charge in [-0.15, -0.1) is 0 Å². The molecule has 0 aromatic heterocycles. The van der Waals surface area contributed by atoms with Crippen LogP contribution in [0.3, 0.4) is 0 Å². The van der Waals surface area contributed by atoms with Crippen LogP contribution in [0.2, 0.25) is 0 Å². The van der Waals surface area contributed by atoms with Crippen molar-refractivity contribution in [3.05, 3.63) is 24.0 Å². The van der Waals surface area contributed by atoms with Gasteiger partial charge in [-0.2, -0.15) is 0 Å². The summed E-state index contributed by atoms with van der Waals surface area (Å²) in [5.74, 6) is -0.996. The number of nitrogen functional groups attached to an aromatic ring is 1. The molecule has 0 unspecified atom stereocenters. The van der Waals surface area contributed by atoms with Gasteiger partial charge < -0.3 is 14.8 Å². The quantitative estimate of drug-likeness (QED) is 0.611. The van der Waals surface area contributed by atoms with E-state index in [0.717, 1.165) is 12.1 Å². The molecule has 0 heterocycles. The van der Waals surface area contributed by atoms with Crippen LogP contribution in [0.15, 0.2) is 23.1 Å². The summed E-state index contributed by atoms with van der Waals surface area (Å²) in [5.41, 5.74) is 4.54. The van der Waals surface area contributed by atoms with Crippen LogP contribution in [0.1, 0.15) is 13.8 Å². The van der Waals surface area contributed by atoms with E-state index in [1.54, 1.807) is 13.8 Å². The lowest BCUT2D eigenvalue weighted by Gasteiger charge is -2.17. The number of rotatable bonds is 7. The number of anilines is 1. The topological polar surface area (TPSA) is 95.7 Å². The molecule has 0 atom stereocenters. The first-order chi connectivity index (χ1) is 9.24. The van der Waals surface area contributed by atoms with E-state index < -0.39 is 33.6 Å². The molecule has 9 heteroatoms. The molecule has 0 saturated carbocycles. The van der Waals surface area contributed by atoms with Crippen molar-refractivity contribution in [2.75, 3.05) is 24.4 Å². The molecule has 0 radical (unpaired) electrons. The largest absolute Gasteiger partial charge is 0.399 e. The van der Waals surface area contributed by atoms with Crippen LogP contribution in [0, 0.1) is 5.82 Å². The van der Waals surface area contributed by atoms with Crippen LogP contribution < -0.4 is 5.73 Å². The Morgan fingerprint density at radius 3 is 2.25 bits per heavy atom. The van der Waals surface area contributed by atoms with Crippen molar-refractivity contribution in [3.8, 4) is 0 Å². The van der Waals surface area contributed by atoms with Gasteiger partial charge >= 0.3 is 7.60 Å². The zero-order chi connectivity index (χ0) is 15.4. The molecule has 1 aromatic carbocycles. The monoisotopic (exact) mass is 325 g/mol. The van der Waals surface area contributed by atoms with Gasteiger partial charge in [-0.1, -0.05) is 0 Å². The molecule has 0 fully saturated rings. The average Bonchev–Trinajstić information content (AvgIpc) is 2.27. The van der Waals surface area contributed by atoms with Gasteiger partial charge in [-0.3, -0.25) is 4.57 Å². The van der Waals surface area contributed by atoms with E-state index in [0.29, 0.717) is 0 Å². The fourth-order valence-electron chi connectivity index (χ4n) is 1.55. The lowest BCUT2D eigenvalue weighted by atomic mass is 10.3. The molecule has 0 aliphatic carbocycles. The summed E-state index contributed by atoms with van der Waals surface area (Å²) in [6.07, 6.45) is 0. The lowest BCUT2D eigenvalue weighted by molar-refractivity contribution is 0.224. The maximum Gasteiger partial charge on any atom is 0.346 e. The Labute approximate surface area is 117 Å². The molecule has 0 saturated heterocycles. The fraction of sp³-hybridized carbons (Fsp3) is 0.455. The van der Waals surface area contributed by atoms with Gasteiger partial charge in [0.1, 0.15) is 10.7 Å². The minimum Gasteiger partial charge on any atom is -0.399 e. The van der Waals surface area contributed by atoms with Gasteiger partial charge in [-0.05, 0) is 32.0 Å². The van der Waals surface area contributed by atoms with Crippen molar-refractivity contribution in [2.24, 2.45) is 0 Å². The van der Waals surface area contributed by atoms with E-state index in [2.05, 4.69) is 0 Å². The van der Waals surface area contributed by atoms with Crippen LogP contribution in [-0.4, -0.2) is 27.1 Å². The second-order valence-electron chi connectivity index (χ2n) is 3.88. The second-order valence-corrected chi connectivity index (χ2v) is 8.32. The first kappa shape index (κ1) is 17.1. The van der Waals surface area contributed by atoms with Crippen LogP contribution in [0.4, 0.5) is 10.1 Å². The van der Waals surface area contributed by atoms with Crippen LogP contribution in [-0.2, 0) is 23.4 Å². The molecule has 1 aromatic rings. The average molecular weight is 325 g/mol. The Hall–Kier alpha value is -0.950. The summed E-state index contributed by atoms with van der Waals surface area (Å²) in [6, 6.07) is 3.17. The first-order valence-electron chi connectivity index (χ1n) is 5.90. The highest BCUT2D eigenvalue weighted by Crippen LogP contribution is 2.50. The molecule has 0 bridgehead atoms. The molecule has 6 nitrogen and oxygen atoms in total. The highest BCUT2D eigenvalue weighted by atomic mass is 32.2. The van der Waals surface area contributed by atoms with Crippen LogP contribution in [0.25, 0.3) is 0 Å². The van der Waals surface area contributed by atoms with Crippen LogP contribution >= 0.6 is 7.60 Å². The van der Waals surface area contributed by atoms with Gasteiger partial charge in [0, 0.05) is 5.69 Å². The second kappa shape index (κ2) is 6.67. The highest BCUT2D eigenvalue weighted by Gasteiger charge is 2.34. The van der Waals surface area contributed by atoms with Crippen molar-refractivity contribution in [2.45, 2.75) is 18.7 Å². The highest BCUT2D eigenvalue weighted by molar-refractivity contribution is 7.97. The first-order valence-corrected chi connectivity index (χ1v) is 9.28. The molecule has 0 aliphatic heterocycles. The maximum atomic E-state index is 13.7. The van der Waals surface area contributed by atoms with Crippen molar-refractivity contribution in [3.63, 3.8) is 0 Å². The molecule has 20 heavy (non-hydrogen) atoms. The van der Waals surface area contributed by atoms with Crippen LogP contribution in [0.5, 0.6) is 0 Å². The minimum atomic E-state index is -4.15. The Balaban J connectivity index is 3.13. The smallest absolute Gasteiger partial charge is 0.346 e. The van der Waals surface area contributed by atoms with E-state index >= 15 is 0 Å². The molecule has 0 aliphatic rings. The summed E-state index contributed by atoms with van der Waals surface area (Å²) in [7, 11) is -7.98. The predicted octanol–water partition coefficient (Wildman–Crippen LogP) is 2.41. The minimum absolute atomic E-state index is 0.0248. The summed E-state index contributed by atoms with van der Waals surface area (Å²) in [6.45, 7) is 3.16. The van der Waals surface area contributed by atoms with Crippen molar-refractivity contribution in [1.82, 2.24) is 0 Å². The third kappa shape index (κ3) is 4.28. The number of benzene rings is 1. The summed E-state index contributed by atoms with van der Waals surface area (Å²) in [5, 5.41) is 0. The number of sulfone groups is 1. The summed E-state index contributed by atoms with van der Waals surface area (Å²) >= 11 is 0. The van der Waals surface area contributed by atoms with Crippen molar-refractivity contribution >= 4 is 23.1 Å². The van der Waals surface area contributed by atoms with E-state index in [1.807, 2.05) is 0 Å². The van der Waals surface area contributed by atoms with E-state index in [-0.39, 0.29) is 18.9 Å². The van der Waals surface area contributed by atoms with Gasteiger partial charge in [0.25, 0.3) is 0 Å².